The van der Waals surface area contributed by atoms with E-state index in [4.69, 9.17) is 15.2 Å². The fourth-order valence-electron chi connectivity index (χ4n) is 4.62. The van der Waals surface area contributed by atoms with Crippen molar-refractivity contribution in [1.82, 2.24) is 14.9 Å². The molecule has 3 aromatic rings. The number of ether oxygens (including phenoxy) is 2. The molecule has 186 valence electrons. The van der Waals surface area contributed by atoms with E-state index < -0.39 is 11.9 Å². The van der Waals surface area contributed by atoms with Crippen molar-refractivity contribution in [3.8, 4) is 17.0 Å². The maximum absolute atomic E-state index is 15.3. The highest BCUT2D eigenvalue weighted by Gasteiger charge is 2.40. The zero-order valence-corrected chi connectivity index (χ0v) is 19.6. The molecule has 2 fully saturated rings. The normalized spacial score (nSPS) is 17.0. The van der Waals surface area contributed by atoms with Crippen LogP contribution in [0.3, 0.4) is 0 Å². The van der Waals surface area contributed by atoms with Gasteiger partial charge in [-0.15, -0.1) is 0 Å². The van der Waals surface area contributed by atoms with Crippen molar-refractivity contribution in [3.05, 3.63) is 35.9 Å². The van der Waals surface area contributed by atoms with Crippen LogP contribution in [0.5, 0.6) is 5.88 Å². The van der Waals surface area contributed by atoms with Crippen molar-refractivity contribution >= 4 is 40.0 Å². The van der Waals surface area contributed by atoms with Crippen LogP contribution in [0.2, 0.25) is 0 Å². The number of fused-ring (bicyclic) bond motifs is 2. The summed E-state index contributed by atoms with van der Waals surface area (Å²) in [5, 5.41) is 6.88. The lowest BCUT2D eigenvalue weighted by Crippen LogP contribution is -2.56. The first kappa shape index (κ1) is 22.3. The Kier molecular flexibility index (Phi) is 5.27. The van der Waals surface area contributed by atoms with E-state index >= 15 is 4.39 Å². The second-order valence-electron chi connectivity index (χ2n) is 9.36. The van der Waals surface area contributed by atoms with Gasteiger partial charge < -0.3 is 25.4 Å². The number of carbonyl (C=O) groups excluding carboxylic acids is 2. The van der Waals surface area contributed by atoms with Crippen molar-refractivity contribution in [2.24, 2.45) is 5.92 Å². The van der Waals surface area contributed by atoms with Crippen LogP contribution in [0.4, 0.5) is 26.4 Å². The molecule has 0 spiro atoms. The number of rotatable bonds is 4. The predicted octanol–water partition coefficient (Wildman–Crippen LogP) is 3.30. The number of nitrogens with one attached hydrogen (secondary N) is 2. The molecule has 4 heterocycles. The maximum Gasteiger partial charge on any atom is 0.413 e. The number of benzene rings is 1. The van der Waals surface area contributed by atoms with Crippen molar-refractivity contribution < 1.29 is 23.5 Å². The number of carbonyl (C=O) groups is 2. The number of pyridine rings is 2. The third kappa shape index (κ3) is 3.90. The van der Waals surface area contributed by atoms with Crippen LogP contribution in [0.1, 0.15) is 18.4 Å². The van der Waals surface area contributed by atoms with Crippen LogP contribution in [0, 0.1) is 18.7 Å². The minimum Gasteiger partial charge on any atom is -0.474 e. The number of hydrogen-bond acceptors (Lipinski definition) is 8. The molecule has 3 aliphatic rings. The number of halogens is 1. The zero-order valence-electron chi connectivity index (χ0n) is 19.6. The van der Waals surface area contributed by atoms with E-state index in [1.165, 1.54) is 6.20 Å². The molecule has 2 amide bonds. The van der Waals surface area contributed by atoms with Crippen LogP contribution < -0.4 is 21.1 Å². The minimum absolute atomic E-state index is 0.0413. The molecule has 2 aliphatic heterocycles. The van der Waals surface area contributed by atoms with Gasteiger partial charge in [0.05, 0.1) is 18.8 Å². The maximum atomic E-state index is 15.3. The number of anilines is 3. The SMILES string of the molecule is Cc1c(-c2cc3cc(NC(=O)OC4CN(C(=O)C5CC5)C4)ncc3c(N)c2F)cnc2c1NCCO2. The monoisotopic (exact) mass is 492 g/mol. The molecular weight excluding hydrogens is 467 g/mol. The van der Waals surface area contributed by atoms with Gasteiger partial charge >= 0.3 is 6.09 Å². The highest BCUT2D eigenvalue weighted by molar-refractivity contribution is 5.99. The highest BCUT2D eigenvalue weighted by Crippen LogP contribution is 2.39. The molecule has 1 saturated heterocycles. The van der Waals surface area contributed by atoms with Gasteiger partial charge in [-0.2, -0.15) is 0 Å². The molecule has 2 aromatic heterocycles. The van der Waals surface area contributed by atoms with Crippen LogP contribution in [0.25, 0.3) is 21.9 Å². The Labute approximate surface area is 206 Å². The molecule has 6 rings (SSSR count). The lowest BCUT2D eigenvalue weighted by Gasteiger charge is -2.38. The molecule has 0 atom stereocenters. The van der Waals surface area contributed by atoms with E-state index in [9.17, 15) is 9.59 Å². The lowest BCUT2D eigenvalue weighted by molar-refractivity contribution is -0.142. The van der Waals surface area contributed by atoms with Gasteiger partial charge in [0.15, 0.2) is 5.82 Å². The smallest absolute Gasteiger partial charge is 0.413 e. The molecule has 0 bridgehead atoms. The van der Waals surface area contributed by atoms with E-state index in [2.05, 4.69) is 20.6 Å². The zero-order chi connectivity index (χ0) is 25.0. The standard InChI is InChI=1S/C25H25FN6O4/c1-12-17(8-30-23-22(12)28-4-5-35-23)16-6-14-7-19(29-9-18(14)21(27)20(16)26)31-25(34)36-15-10-32(11-15)24(33)13-2-3-13/h6-9,13,15,28H,2-5,10-11,27H2,1H3,(H,29,31,34). The van der Waals surface area contributed by atoms with Crippen LogP contribution in [-0.4, -0.2) is 59.2 Å². The lowest BCUT2D eigenvalue weighted by atomic mass is 9.97. The van der Waals surface area contributed by atoms with E-state index in [0.717, 1.165) is 24.1 Å². The molecule has 1 saturated carbocycles. The van der Waals surface area contributed by atoms with E-state index in [-0.39, 0.29) is 35.0 Å². The molecule has 1 aromatic carbocycles. The Morgan fingerprint density at radius 2 is 2.03 bits per heavy atom. The summed E-state index contributed by atoms with van der Waals surface area (Å²) in [5.74, 6) is 0.442. The van der Waals surface area contributed by atoms with Crippen molar-refractivity contribution in [2.75, 3.05) is 42.6 Å². The number of amides is 2. The number of nitrogen functional groups attached to an aromatic ring is 1. The summed E-state index contributed by atoms with van der Waals surface area (Å²) in [5.41, 5.74) is 8.48. The molecule has 1 aliphatic carbocycles. The van der Waals surface area contributed by atoms with Crippen LogP contribution >= 0.6 is 0 Å². The summed E-state index contributed by atoms with van der Waals surface area (Å²) in [4.78, 5) is 34.6. The number of aromatic nitrogens is 2. The number of likely N-dealkylation sites (tertiary alicyclic amines) is 1. The molecule has 11 heteroatoms. The Bertz CT molecular complexity index is 1400. The first-order valence-electron chi connectivity index (χ1n) is 11.9. The van der Waals surface area contributed by atoms with Gasteiger partial charge in [0.2, 0.25) is 11.8 Å². The minimum atomic E-state index is -0.665. The third-order valence-electron chi connectivity index (χ3n) is 6.83. The van der Waals surface area contributed by atoms with Crippen LogP contribution in [-0.2, 0) is 9.53 Å². The van der Waals surface area contributed by atoms with Gasteiger partial charge in [0, 0.05) is 41.4 Å². The number of hydrogen-bond donors (Lipinski definition) is 3. The second kappa shape index (κ2) is 8.51. The first-order valence-corrected chi connectivity index (χ1v) is 11.9. The fraction of sp³-hybridized carbons (Fsp3) is 0.360. The summed E-state index contributed by atoms with van der Waals surface area (Å²) in [6, 6.07) is 3.27. The highest BCUT2D eigenvalue weighted by atomic mass is 19.1. The van der Waals surface area contributed by atoms with Gasteiger partial charge in [-0.3, -0.25) is 10.1 Å². The summed E-state index contributed by atoms with van der Waals surface area (Å²) in [7, 11) is 0. The topological polar surface area (TPSA) is 132 Å². The Morgan fingerprint density at radius 1 is 1.22 bits per heavy atom. The van der Waals surface area contributed by atoms with Gasteiger partial charge in [-0.25, -0.2) is 19.2 Å². The molecule has 10 nitrogen and oxygen atoms in total. The summed E-state index contributed by atoms with van der Waals surface area (Å²) in [6.45, 7) is 3.82. The quantitative estimate of drug-likeness (QED) is 0.473. The third-order valence-corrected chi connectivity index (χ3v) is 6.83. The molecular formula is C25H25FN6O4. The van der Waals surface area contributed by atoms with E-state index in [1.807, 2.05) is 6.92 Å². The van der Waals surface area contributed by atoms with Gasteiger partial charge in [-0.05, 0) is 42.8 Å². The Balaban J connectivity index is 1.22. The fourth-order valence-corrected chi connectivity index (χ4v) is 4.62. The molecule has 0 radical (unpaired) electrons. The molecule has 4 N–H and O–H groups in total. The predicted molar refractivity (Wildman–Crippen MR) is 131 cm³/mol. The van der Waals surface area contributed by atoms with Crippen molar-refractivity contribution in [2.45, 2.75) is 25.9 Å². The average Bonchev–Trinajstić information content (AvgIpc) is 3.69. The second-order valence-corrected chi connectivity index (χ2v) is 9.36. The average molecular weight is 493 g/mol. The summed E-state index contributed by atoms with van der Waals surface area (Å²) >= 11 is 0. The van der Waals surface area contributed by atoms with Crippen molar-refractivity contribution in [1.29, 1.82) is 0 Å². The van der Waals surface area contributed by atoms with Crippen molar-refractivity contribution in [3.63, 3.8) is 0 Å². The Hall–Kier alpha value is -4.15. The van der Waals surface area contributed by atoms with Crippen LogP contribution in [0.15, 0.2) is 24.5 Å². The van der Waals surface area contributed by atoms with Gasteiger partial charge in [0.25, 0.3) is 0 Å². The Morgan fingerprint density at radius 3 is 2.81 bits per heavy atom. The first-order chi connectivity index (χ1) is 17.4. The molecule has 0 unspecified atom stereocenters. The number of nitrogens with two attached hydrogens (primary N) is 1. The van der Waals surface area contributed by atoms with E-state index in [1.54, 1.807) is 23.2 Å². The largest absolute Gasteiger partial charge is 0.474 e. The molecule has 36 heavy (non-hydrogen) atoms. The van der Waals surface area contributed by atoms with E-state index in [0.29, 0.717) is 48.5 Å². The van der Waals surface area contributed by atoms with Gasteiger partial charge in [0.1, 0.15) is 24.2 Å². The summed E-state index contributed by atoms with van der Waals surface area (Å²) in [6.07, 6.45) is 3.86. The van der Waals surface area contributed by atoms with Gasteiger partial charge in [-0.1, -0.05) is 0 Å². The number of nitrogens with zero attached hydrogens (tertiary/aromatic N) is 3. The summed E-state index contributed by atoms with van der Waals surface area (Å²) < 4.78 is 26.3.